The molecule has 0 aliphatic carbocycles. The second-order valence-corrected chi connectivity index (χ2v) is 5.61. The van der Waals surface area contributed by atoms with Gasteiger partial charge in [-0.25, -0.2) is 0 Å². The summed E-state index contributed by atoms with van der Waals surface area (Å²) in [7, 11) is 0. The first kappa shape index (κ1) is 12.7. The minimum atomic E-state index is -0.643. The quantitative estimate of drug-likeness (QED) is 0.781. The second-order valence-electron chi connectivity index (χ2n) is 4.83. The van der Waals surface area contributed by atoms with Crippen molar-refractivity contribution in [3.8, 4) is 0 Å². The molecular formula is C12H21NOS. The van der Waals surface area contributed by atoms with Gasteiger partial charge in [0.2, 0.25) is 0 Å². The predicted octanol–water partition coefficient (Wildman–Crippen LogP) is 2.29. The Morgan fingerprint density at radius 1 is 1.53 bits per heavy atom. The zero-order chi connectivity index (χ0) is 11.3. The molecule has 2 nitrogen and oxygen atoms in total. The highest BCUT2D eigenvalue weighted by atomic mass is 32.1. The molecule has 1 heterocycles. The number of thiophene rings is 1. The first-order chi connectivity index (χ1) is 6.99. The number of rotatable bonds is 6. The zero-order valence-corrected chi connectivity index (χ0v) is 10.6. The predicted molar refractivity (Wildman–Crippen MR) is 66.4 cm³/mol. The first-order valence-electron chi connectivity index (χ1n) is 5.44. The fourth-order valence-electron chi connectivity index (χ4n) is 1.53. The Hall–Kier alpha value is -0.380. The Kier molecular flexibility index (Phi) is 4.77. The van der Waals surface area contributed by atoms with Crippen molar-refractivity contribution in [2.75, 3.05) is 13.1 Å². The Balaban J connectivity index is 2.32. The SMILES string of the molecule is CC(C)CNCC(C)(O)Cc1ccsc1. The molecule has 1 rings (SSSR count). The fourth-order valence-corrected chi connectivity index (χ4v) is 2.19. The molecule has 1 atom stereocenters. The van der Waals surface area contributed by atoms with E-state index >= 15 is 0 Å². The lowest BCUT2D eigenvalue weighted by Crippen LogP contribution is -2.40. The van der Waals surface area contributed by atoms with Gasteiger partial charge in [0.15, 0.2) is 0 Å². The van der Waals surface area contributed by atoms with Gasteiger partial charge in [-0.3, -0.25) is 0 Å². The summed E-state index contributed by atoms with van der Waals surface area (Å²) in [6.45, 7) is 7.83. The van der Waals surface area contributed by atoms with E-state index in [4.69, 9.17) is 0 Å². The van der Waals surface area contributed by atoms with Crippen LogP contribution in [0.4, 0.5) is 0 Å². The number of hydrogen-bond acceptors (Lipinski definition) is 3. The molecule has 0 aliphatic heterocycles. The second kappa shape index (κ2) is 5.64. The highest BCUT2D eigenvalue weighted by Gasteiger charge is 2.20. The van der Waals surface area contributed by atoms with Crippen molar-refractivity contribution in [3.05, 3.63) is 22.4 Å². The van der Waals surface area contributed by atoms with Crippen LogP contribution in [0.3, 0.4) is 0 Å². The lowest BCUT2D eigenvalue weighted by atomic mass is 9.98. The Morgan fingerprint density at radius 2 is 2.27 bits per heavy atom. The van der Waals surface area contributed by atoms with Gasteiger partial charge in [0.1, 0.15) is 0 Å². The van der Waals surface area contributed by atoms with Crippen LogP contribution < -0.4 is 5.32 Å². The van der Waals surface area contributed by atoms with E-state index in [1.807, 2.05) is 12.3 Å². The van der Waals surface area contributed by atoms with Crippen molar-refractivity contribution in [2.24, 2.45) is 5.92 Å². The molecule has 0 aromatic carbocycles. The molecule has 0 spiro atoms. The summed E-state index contributed by atoms with van der Waals surface area (Å²) in [5.41, 5.74) is 0.576. The summed E-state index contributed by atoms with van der Waals surface area (Å²) in [6.07, 6.45) is 0.724. The molecule has 0 bridgehead atoms. The van der Waals surface area contributed by atoms with Crippen molar-refractivity contribution in [2.45, 2.75) is 32.8 Å². The minimum Gasteiger partial charge on any atom is -0.389 e. The third-order valence-corrected chi connectivity index (χ3v) is 2.96. The Labute approximate surface area is 96.3 Å². The number of aliphatic hydroxyl groups is 1. The molecular weight excluding hydrogens is 206 g/mol. The van der Waals surface area contributed by atoms with Crippen LogP contribution in [0.25, 0.3) is 0 Å². The summed E-state index contributed by atoms with van der Waals surface area (Å²) in [6, 6.07) is 2.07. The monoisotopic (exact) mass is 227 g/mol. The molecule has 0 saturated carbocycles. The van der Waals surface area contributed by atoms with Crippen molar-refractivity contribution in [1.29, 1.82) is 0 Å². The first-order valence-corrected chi connectivity index (χ1v) is 6.38. The van der Waals surface area contributed by atoms with Crippen molar-refractivity contribution < 1.29 is 5.11 Å². The van der Waals surface area contributed by atoms with E-state index in [0.717, 1.165) is 13.0 Å². The third kappa shape index (κ3) is 5.30. The van der Waals surface area contributed by atoms with Crippen LogP contribution in [0.1, 0.15) is 26.3 Å². The average molecular weight is 227 g/mol. The molecule has 0 saturated heterocycles. The van der Waals surface area contributed by atoms with Gasteiger partial charge in [0.25, 0.3) is 0 Å². The Morgan fingerprint density at radius 3 is 2.80 bits per heavy atom. The van der Waals surface area contributed by atoms with Crippen LogP contribution in [0, 0.1) is 5.92 Å². The molecule has 1 unspecified atom stereocenters. The fraction of sp³-hybridized carbons (Fsp3) is 0.667. The van der Waals surface area contributed by atoms with Gasteiger partial charge in [-0.1, -0.05) is 13.8 Å². The summed E-state index contributed by atoms with van der Waals surface area (Å²) in [4.78, 5) is 0. The molecule has 86 valence electrons. The summed E-state index contributed by atoms with van der Waals surface area (Å²) < 4.78 is 0. The van der Waals surface area contributed by atoms with Gasteiger partial charge in [0, 0.05) is 13.0 Å². The van der Waals surface area contributed by atoms with Gasteiger partial charge in [-0.15, -0.1) is 0 Å². The largest absolute Gasteiger partial charge is 0.389 e. The van der Waals surface area contributed by atoms with Gasteiger partial charge in [-0.2, -0.15) is 11.3 Å². The van der Waals surface area contributed by atoms with E-state index in [1.54, 1.807) is 11.3 Å². The van der Waals surface area contributed by atoms with E-state index < -0.39 is 5.60 Å². The number of hydrogen-bond donors (Lipinski definition) is 2. The van der Waals surface area contributed by atoms with E-state index in [1.165, 1.54) is 5.56 Å². The maximum Gasteiger partial charge on any atom is 0.0783 e. The molecule has 0 radical (unpaired) electrons. The van der Waals surface area contributed by atoms with Crippen molar-refractivity contribution in [3.63, 3.8) is 0 Å². The highest BCUT2D eigenvalue weighted by molar-refractivity contribution is 7.07. The average Bonchev–Trinajstić information content (AvgIpc) is 2.54. The van der Waals surface area contributed by atoms with E-state index in [9.17, 15) is 5.11 Å². The molecule has 0 amide bonds. The van der Waals surface area contributed by atoms with Crippen LogP contribution in [0.5, 0.6) is 0 Å². The standard InChI is InChI=1S/C12H21NOS/c1-10(2)7-13-9-12(3,14)6-11-4-5-15-8-11/h4-5,8,10,13-14H,6-7,9H2,1-3H3. The molecule has 15 heavy (non-hydrogen) atoms. The van der Waals surface area contributed by atoms with E-state index in [0.29, 0.717) is 12.5 Å². The zero-order valence-electron chi connectivity index (χ0n) is 9.79. The third-order valence-electron chi connectivity index (χ3n) is 2.22. The normalized spacial score (nSPS) is 15.5. The molecule has 2 N–H and O–H groups in total. The van der Waals surface area contributed by atoms with Crippen LogP contribution in [-0.4, -0.2) is 23.8 Å². The van der Waals surface area contributed by atoms with E-state index in [2.05, 4.69) is 30.6 Å². The minimum absolute atomic E-state index is 0.627. The molecule has 3 heteroatoms. The highest BCUT2D eigenvalue weighted by Crippen LogP contribution is 2.15. The maximum atomic E-state index is 10.1. The van der Waals surface area contributed by atoms with Gasteiger partial charge < -0.3 is 10.4 Å². The molecule has 0 fully saturated rings. The number of nitrogens with one attached hydrogen (secondary N) is 1. The molecule has 0 aliphatic rings. The summed E-state index contributed by atoms with van der Waals surface area (Å²) in [5.74, 6) is 0.627. The smallest absolute Gasteiger partial charge is 0.0783 e. The van der Waals surface area contributed by atoms with Gasteiger partial charge in [0.05, 0.1) is 5.60 Å². The van der Waals surface area contributed by atoms with Crippen molar-refractivity contribution >= 4 is 11.3 Å². The van der Waals surface area contributed by atoms with Gasteiger partial charge in [-0.05, 0) is 41.8 Å². The maximum absolute atomic E-state index is 10.1. The summed E-state index contributed by atoms with van der Waals surface area (Å²) in [5, 5.41) is 17.6. The lowest BCUT2D eigenvalue weighted by molar-refractivity contribution is 0.0597. The van der Waals surface area contributed by atoms with Crippen LogP contribution in [0.15, 0.2) is 16.8 Å². The lowest BCUT2D eigenvalue weighted by Gasteiger charge is -2.24. The van der Waals surface area contributed by atoms with Crippen molar-refractivity contribution in [1.82, 2.24) is 5.32 Å². The topological polar surface area (TPSA) is 32.3 Å². The molecule has 1 aromatic rings. The summed E-state index contributed by atoms with van der Waals surface area (Å²) >= 11 is 1.68. The Bertz CT molecular complexity index is 267. The van der Waals surface area contributed by atoms with Gasteiger partial charge >= 0.3 is 0 Å². The van der Waals surface area contributed by atoms with Crippen LogP contribution >= 0.6 is 11.3 Å². The van der Waals surface area contributed by atoms with E-state index in [-0.39, 0.29) is 0 Å². The molecule has 1 aromatic heterocycles. The van der Waals surface area contributed by atoms with Crippen LogP contribution in [-0.2, 0) is 6.42 Å². The van der Waals surface area contributed by atoms with Crippen LogP contribution in [0.2, 0.25) is 0 Å².